The second kappa shape index (κ2) is 10.1. The van der Waals surface area contributed by atoms with Crippen molar-refractivity contribution in [2.45, 2.75) is 13.5 Å². The number of fused-ring (bicyclic) bond motifs is 1. The van der Waals surface area contributed by atoms with Gasteiger partial charge in [0.15, 0.2) is 17.3 Å². The van der Waals surface area contributed by atoms with Crippen molar-refractivity contribution >= 4 is 39.8 Å². The second-order valence-electron chi connectivity index (χ2n) is 7.72. The summed E-state index contributed by atoms with van der Waals surface area (Å²) in [5.41, 5.74) is 2.35. The Morgan fingerprint density at radius 2 is 1.94 bits per heavy atom. The molecule has 1 aromatic heterocycles. The number of hydrogen-bond donors (Lipinski definition) is 1. The van der Waals surface area contributed by atoms with Crippen molar-refractivity contribution in [1.29, 1.82) is 5.41 Å². The number of carbonyl (C=O) groups is 1. The number of thioether (sulfide) groups is 1. The quantitative estimate of drug-likeness (QED) is 0.464. The Labute approximate surface area is 210 Å². The number of pyridine rings is 1. The molecule has 3 heterocycles. The Morgan fingerprint density at radius 3 is 2.69 bits per heavy atom. The van der Waals surface area contributed by atoms with E-state index in [4.69, 9.17) is 14.9 Å². The Bertz CT molecular complexity index is 1420. The monoisotopic (exact) mass is 501 g/mol. The lowest BCUT2D eigenvalue weighted by atomic mass is 10.1. The van der Waals surface area contributed by atoms with E-state index in [9.17, 15) is 9.18 Å². The Morgan fingerprint density at radius 1 is 1.11 bits per heavy atom. The molecule has 1 amide bonds. The highest BCUT2D eigenvalue weighted by Crippen LogP contribution is 2.33. The van der Waals surface area contributed by atoms with Crippen molar-refractivity contribution in [3.8, 4) is 11.5 Å². The van der Waals surface area contributed by atoms with Gasteiger partial charge < -0.3 is 9.47 Å². The summed E-state index contributed by atoms with van der Waals surface area (Å²) in [5, 5.41) is 15.4. The van der Waals surface area contributed by atoms with Crippen molar-refractivity contribution in [3.05, 3.63) is 95.1 Å². The van der Waals surface area contributed by atoms with Gasteiger partial charge in [0.2, 0.25) is 5.17 Å². The molecule has 5 rings (SSSR count). The first-order valence-corrected chi connectivity index (χ1v) is 11.9. The molecule has 0 radical (unpaired) electrons. The standard InChI is InChI=1S/C26H20FN5O3S/c1-2-34-22-13-17(7-10-21(22)35-15-16-5-8-19(27)9-6-16)12-20-23(28)32-26(30-24(20)33)36-25(31-32)18-4-3-11-29-14-18/h3-14,28H,2,15H2,1H3/b20-12-,28-23?. The predicted molar refractivity (Wildman–Crippen MR) is 137 cm³/mol. The van der Waals surface area contributed by atoms with Gasteiger partial charge in [-0.25, -0.2) is 4.39 Å². The smallest absolute Gasteiger partial charge is 0.283 e. The molecular formula is C26H20FN5O3S. The zero-order chi connectivity index (χ0) is 25.1. The molecular weight excluding hydrogens is 481 g/mol. The minimum absolute atomic E-state index is 0.0639. The summed E-state index contributed by atoms with van der Waals surface area (Å²) in [5.74, 6) is 0.107. The number of benzene rings is 2. The van der Waals surface area contributed by atoms with Crippen molar-refractivity contribution in [1.82, 2.24) is 9.99 Å². The van der Waals surface area contributed by atoms with Crippen LogP contribution < -0.4 is 9.47 Å². The van der Waals surface area contributed by atoms with Gasteiger partial charge in [-0.1, -0.05) is 18.2 Å². The third-order valence-electron chi connectivity index (χ3n) is 5.25. The number of carbonyl (C=O) groups excluding carboxylic acids is 1. The number of hydrogen-bond acceptors (Lipinski definition) is 7. The van der Waals surface area contributed by atoms with Crippen LogP contribution in [0.2, 0.25) is 0 Å². The normalized spacial score (nSPS) is 16.1. The number of ether oxygens (including phenoxy) is 2. The molecule has 10 heteroatoms. The van der Waals surface area contributed by atoms with E-state index in [0.29, 0.717) is 33.9 Å². The van der Waals surface area contributed by atoms with Gasteiger partial charge in [0.05, 0.1) is 12.2 Å². The summed E-state index contributed by atoms with van der Waals surface area (Å²) in [4.78, 5) is 21.0. The van der Waals surface area contributed by atoms with E-state index in [-0.39, 0.29) is 23.8 Å². The van der Waals surface area contributed by atoms with Gasteiger partial charge in [-0.15, -0.1) is 0 Å². The topological polar surface area (TPSA) is 100 Å². The van der Waals surface area contributed by atoms with Crippen molar-refractivity contribution in [2.75, 3.05) is 6.61 Å². The molecule has 3 aromatic rings. The zero-order valence-corrected chi connectivity index (χ0v) is 20.0. The van der Waals surface area contributed by atoms with E-state index < -0.39 is 5.91 Å². The van der Waals surface area contributed by atoms with Gasteiger partial charge in [-0.2, -0.15) is 15.1 Å². The van der Waals surface area contributed by atoms with E-state index in [1.807, 2.05) is 13.0 Å². The molecule has 0 bridgehead atoms. The second-order valence-corrected chi connectivity index (χ2v) is 8.68. The molecule has 0 spiro atoms. The molecule has 8 nitrogen and oxygen atoms in total. The number of nitrogens with zero attached hydrogens (tertiary/aromatic N) is 4. The fourth-order valence-corrected chi connectivity index (χ4v) is 4.39. The molecule has 1 N–H and O–H groups in total. The average molecular weight is 502 g/mol. The average Bonchev–Trinajstić information content (AvgIpc) is 3.32. The molecule has 0 aliphatic carbocycles. The number of halogens is 1. The van der Waals surface area contributed by atoms with Gasteiger partial charge in [0.25, 0.3) is 5.91 Å². The number of amidine groups is 2. The lowest BCUT2D eigenvalue weighted by Gasteiger charge is -2.20. The number of amides is 1. The molecule has 0 unspecified atom stereocenters. The van der Waals surface area contributed by atoms with Crippen molar-refractivity contribution in [3.63, 3.8) is 0 Å². The van der Waals surface area contributed by atoms with Crippen LogP contribution in [-0.4, -0.2) is 38.6 Å². The molecule has 0 fully saturated rings. The van der Waals surface area contributed by atoms with Crippen LogP contribution in [0.4, 0.5) is 4.39 Å². The van der Waals surface area contributed by atoms with Crippen LogP contribution >= 0.6 is 11.8 Å². The first-order valence-electron chi connectivity index (χ1n) is 11.1. The van der Waals surface area contributed by atoms with Crippen LogP contribution in [0, 0.1) is 11.2 Å². The van der Waals surface area contributed by atoms with E-state index in [2.05, 4.69) is 15.1 Å². The predicted octanol–water partition coefficient (Wildman–Crippen LogP) is 4.87. The summed E-state index contributed by atoms with van der Waals surface area (Å²) in [6.45, 7) is 2.51. The Kier molecular flexibility index (Phi) is 6.59. The van der Waals surface area contributed by atoms with E-state index >= 15 is 0 Å². The van der Waals surface area contributed by atoms with Gasteiger partial charge in [-0.05, 0) is 72.3 Å². The van der Waals surface area contributed by atoms with Crippen LogP contribution in [0.3, 0.4) is 0 Å². The summed E-state index contributed by atoms with van der Waals surface area (Å²) < 4.78 is 24.8. The maximum atomic E-state index is 13.1. The van der Waals surface area contributed by atoms with Crippen LogP contribution in [0.1, 0.15) is 23.6 Å². The Balaban J connectivity index is 1.38. The number of nitrogens with one attached hydrogen (secondary N) is 1. The van der Waals surface area contributed by atoms with Crippen LogP contribution in [-0.2, 0) is 11.4 Å². The zero-order valence-electron chi connectivity index (χ0n) is 19.1. The molecule has 2 aromatic carbocycles. The molecule has 2 aliphatic rings. The summed E-state index contributed by atoms with van der Waals surface area (Å²) in [6, 6.07) is 14.9. The summed E-state index contributed by atoms with van der Waals surface area (Å²) >= 11 is 1.22. The SMILES string of the molecule is CCOc1cc(/C=C2/C(=N)N3N=C(c4cccnc4)SC3=NC2=O)ccc1OCc1ccc(F)cc1. The lowest BCUT2D eigenvalue weighted by molar-refractivity contribution is -0.114. The third kappa shape index (κ3) is 4.89. The highest BCUT2D eigenvalue weighted by molar-refractivity contribution is 8.27. The Hall–Kier alpha value is -4.31. The molecule has 36 heavy (non-hydrogen) atoms. The summed E-state index contributed by atoms with van der Waals surface area (Å²) in [6.07, 6.45) is 4.91. The molecule has 0 saturated carbocycles. The lowest BCUT2D eigenvalue weighted by Crippen LogP contribution is -2.35. The molecule has 0 atom stereocenters. The molecule has 0 saturated heterocycles. The maximum Gasteiger partial charge on any atom is 0.283 e. The van der Waals surface area contributed by atoms with Gasteiger partial charge in [0, 0.05) is 18.0 Å². The maximum absolute atomic E-state index is 13.1. The van der Waals surface area contributed by atoms with Crippen molar-refractivity contribution in [2.24, 2.45) is 10.1 Å². The van der Waals surface area contributed by atoms with E-state index in [1.165, 1.54) is 28.9 Å². The van der Waals surface area contributed by atoms with Crippen LogP contribution in [0.5, 0.6) is 11.5 Å². The van der Waals surface area contributed by atoms with Gasteiger partial charge >= 0.3 is 0 Å². The van der Waals surface area contributed by atoms with Crippen LogP contribution in [0.15, 0.2) is 82.7 Å². The first-order chi connectivity index (χ1) is 17.5. The fraction of sp³-hybridized carbons (Fsp3) is 0.115. The van der Waals surface area contributed by atoms with Crippen molar-refractivity contribution < 1.29 is 18.7 Å². The first kappa shape index (κ1) is 23.4. The van der Waals surface area contributed by atoms with E-state index in [1.54, 1.807) is 54.9 Å². The van der Waals surface area contributed by atoms with Gasteiger partial charge in [-0.3, -0.25) is 15.2 Å². The largest absolute Gasteiger partial charge is 0.490 e. The minimum atomic E-state index is -0.518. The highest BCUT2D eigenvalue weighted by Gasteiger charge is 2.36. The fourth-order valence-electron chi connectivity index (χ4n) is 3.51. The number of aromatic nitrogens is 1. The van der Waals surface area contributed by atoms with Gasteiger partial charge in [0.1, 0.15) is 17.5 Å². The third-order valence-corrected chi connectivity index (χ3v) is 6.21. The number of rotatable bonds is 7. The van der Waals surface area contributed by atoms with E-state index in [0.717, 1.165) is 11.1 Å². The molecule has 180 valence electrons. The minimum Gasteiger partial charge on any atom is -0.490 e. The number of hydrazone groups is 1. The number of aliphatic imine (C=N–C) groups is 1. The highest BCUT2D eigenvalue weighted by atomic mass is 32.2. The summed E-state index contributed by atoms with van der Waals surface area (Å²) in [7, 11) is 0. The van der Waals surface area contributed by atoms with Crippen LogP contribution in [0.25, 0.3) is 6.08 Å². The molecule has 2 aliphatic heterocycles.